The molecule has 0 saturated carbocycles. The largest absolute Gasteiger partial charge is 0.298 e. The van der Waals surface area contributed by atoms with Gasteiger partial charge in [-0.25, -0.2) is 23.0 Å². The Morgan fingerprint density at radius 3 is 2.61 bits per heavy atom. The van der Waals surface area contributed by atoms with Crippen molar-refractivity contribution >= 4 is 49.5 Å². The monoisotopic (exact) mass is 474 g/mol. The SMILES string of the molecule is Cc1ccc2c(=O)n(-c3cnc(CC(=O)CS(=O)(=O)c4ccc(Cl)s4)cn3)cnc2c1. The van der Waals surface area contributed by atoms with Gasteiger partial charge in [-0.3, -0.25) is 14.6 Å². The van der Waals surface area contributed by atoms with E-state index in [0.29, 0.717) is 20.9 Å². The normalized spacial score (nSPS) is 11.7. The van der Waals surface area contributed by atoms with Crippen LogP contribution in [0.4, 0.5) is 0 Å². The van der Waals surface area contributed by atoms with E-state index in [-0.39, 0.29) is 22.0 Å². The summed E-state index contributed by atoms with van der Waals surface area (Å²) in [4.78, 5) is 37.6. The highest BCUT2D eigenvalue weighted by molar-refractivity contribution is 7.94. The van der Waals surface area contributed by atoms with Crippen LogP contribution in [0.5, 0.6) is 0 Å². The molecule has 31 heavy (non-hydrogen) atoms. The van der Waals surface area contributed by atoms with Gasteiger partial charge in [-0.2, -0.15) is 0 Å². The molecular weight excluding hydrogens is 460 g/mol. The Morgan fingerprint density at radius 1 is 1.13 bits per heavy atom. The second-order valence-corrected chi connectivity index (χ2v) is 10.8. The van der Waals surface area contributed by atoms with E-state index >= 15 is 0 Å². The Balaban J connectivity index is 1.52. The van der Waals surface area contributed by atoms with Gasteiger partial charge in [-0.1, -0.05) is 17.7 Å². The molecule has 0 radical (unpaired) electrons. The number of sulfone groups is 1. The maximum absolute atomic E-state index is 12.7. The Morgan fingerprint density at radius 2 is 1.94 bits per heavy atom. The lowest BCUT2D eigenvalue weighted by Crippen LogP contribution is -2.21. The molecule has 1 aromatic carbocycles. The number of ketones is 1. The van der Waals surface area contributed by atoms with E-state index in [1.165, 1.54) is 35.4 Å². The van der Waals surface area contributed by atoms with E-state index in [9.17, 15) is 18.0 Å². The van der Waals surface area contributed by atoms with Crippen molar-refractivity contribution in [2.45, 2.75) is 17.6 Å². The molecule has 4 aromatic rings. The molecule has 0 spiro atoms. The summed E-state index contributed by atoms with van der Waals surface area (Å²) >= 11 is 6.67. The molecule has 0 fully saturated rings. The minimum absolute atomic E-state index is 0.0469. The molecule has 8 nitrogen and oxygen atoms in total. The highest BCUT2D eigenvalue weighted by Gasteiger charge is 2.22. The van der Waals surface area contributed by atoms with Gasteiger partial charge in [0.25, 0.3) is 5.56 Å². The fourth-order valence-corrected chi connectivity index (χ4v) is 5.77. The lowest BCUT2D eigenvalue weighted by molar-refractivity contribution is -0.116. The summed E-state index contributed by atoms with van der Waals surface area (Å²) in [6.07, 6.45) is 3.86. The molecule has 0 N–H and O–H groups in total. The Labute approximate surface area is 186 Å². The van der Waals surface area contributed by atoms with E-state index in [1.807, 2.05) is 19.1 Å². The molecule has 3 heterocycles. The molecule has 0 bridgehead atoms. The standard InChI is InChI=1S/C20H15ClN4O4S2/c1-12-2-3-15-16(6-12)24-11-25(20(15)27)18-9-22-13(8-23-18)7-14(26)10-31(28,29)19-5-4-17(21)30-19/h2-6,8-9,11H,7,10H2,1H3. The second-order valence-electron chi connectivity index (χ2n) is 6.84. The maximum atomic E-state index is 12.7. The number of fused-ring (bicyclic) bond motifs is 1. The van der Waals surface area contributed by atoms with Gasteiger partial charge in [0.1, 0.15) is 16.3 Å². The number of aromatic nitrogens is 4. The molecule has 0 unspecified atom stereocenters. The Bertz CT molecular complexity index is 1460. The van der Waals surface area contributed by atoms with Crippen LogP contribution in [0.1, 0.15) is 11.3 Å². The van der Waals surface area contributed by atoms with Gasteiger partial charge in [0.15, 0.2) is 21.4 Å². The molecule has 4 rings (SSSR count). The summed E-state index contributed by atoms with van der Waals surface area (Å²) < 4.78 is 26.2. The average Bonchev–Trinajstić information content (AvgIpc) is 3.16. The first-order chi connectivity index (χ1) is 14.7. The van der Waals surface area contributed by atoms with Crippen molar-refractivity contribution < 1.29 is 13.2 Å². The number of hydrogen-bond acceptors (Lipinski definition) is 8. The van der Waals surface area contributed by atoms with Crippen LogP contribution in [0.3, 0.4) is 0 Å². The third kappa shape index (κ3) is 4.55. The number of halogens is 1. The van der Waals surface area contributed by atoms with E-state index in [1.54, 1.807) is 6.07 Å². The van der Waals surface area contributed by atoms with Gasteiger partial charge < -0.3 is 0 Å². The number of carbonyl (C=O) groups is 1. The lowest BCUT2D eigenvalue weighted by atomic mass is 10.2. The smallest absolute Gasteiger partial charge is 0.267 e. The van der Waals surface area contributed by atoms with Crippen LogP contribution in [0.15, 0.2) is 58.1 Å². The van der Waals surface area contributed by atoms with Gasteiger partial charge >= 0.3 is 0 Å². The third-order valence-electron chi connectivity index (χ3n) is 4.44. The van der Waals surface area contributed by atoms with Gasteiger partial charge in [0.05, 0.1) is 39.7 Å². The van der Waals surface area contributed by atoms with Crippen molar-refractivity contribution in [2.75, 3.05) is 5.75 Å². The highest BCUT2D eigenvalue weighted by Crippen LogP contribution is 2.26. The zero-order valence-corrected chi connectivity index (χ0v) is 18.5. The Hall–Kier alpha value is -2.95. The number of rotatable bonds is 6. The fraction of sp³-hybridized carbons (Fsp3) is 0.150. The molecule has 11 heteroatoms. The number of benzene rings is 1. The molecule has 0 amide bonds. The van der Waals surface area contributed by atoms with Crippen LogP contribution < -0.4 is 5.56 Å². The number of thiophene rings is 1. The second kappa shape index (κ2) is 8.29. The maximum Gasteiger partial charge on any atom is 0.267 e. The van der Waals surface area contributed by atoms with E-state index in [0.717, 1.165) is 16.9 Å². The van der Waals surface area contributed by atoms with E-state index in [4.69, 9.17) is 11.6 Å². The van der Waals surface area contributed by atoms with Crippen LogP contribution in [0.25, 0.3) is 16.7 Å². The van der Waals surface area contributed by atoms with Gasteiger partial charge in [0.2, 0.25) is 0 Å². The lowest BCUT2D eigenvalue weighted by Gasteiger charge is -2.07. The first kappa shape index (κ1) is 21.3. The minimum Gasteiger partial charge on any atom is -0.298 e. The molecule has 0 aliphatic heterocycles. The van der Waals surface area contributed by atoms with Crippen molar-refractivity contribution in [1.82, 2.24) is 19.5 Å². The zero-order valence-electron chi connectivity index (χ0n) is 16.1. The molecular formula is C20H15ClN4O4S2. The molecule has 158 valence electrons. The number of nitrogens with zero attached hydrogens (tertiary/aromatic N) is 4. The van der Waals surface area contributed by atoms with Crippen LogP contribution in [0, 0.1) is 6.92 Å². The quantitative estimate of drug-likeness (QED) is 0.422. The summed E-state index contributed by atoms with van der Waals surface area (Å²) in [5, 5.41) is 0.452. The Kier molecular flexibility index (Phi) is 5.69. The van der Waals surface area contributed by atoms with Crippen molar-refractivity contribution in [3.8, 4) is 5.82 Å². The zero-order chi connectivity index (χ0) is 22.2. The number of Topliss-reactive ketones (excluding diaryl/α,β-unsaturated/α-hetero) is 1. The number of carbonyl (C=O) groups excluding carboxylic acids is 1. The van der Waals surface area contributed by atoms with Crippen LogP contribution in [0.2, 0.25) is 4.34 Å². The van der Waals surface area contributed by atoms with Crippen molar-refractivity contribution in [3.63, 3.8) is 0 Å². The van der Waals surface area contributed by atoms with Crippen LogP contribution in [-0.4, -0.2) is 39.5 Å². The topological polar surface area (TPSA) is 112 Å². The highest BCUT2D eigenvalue weighted by atomic mass is 35.5. The van der Waals surface area contributed by atoms with Crippen LogP contribution in [-0.2, 0) is 21.1 Å². The predicted molar refractivity (Wildman–Crippen MR) is 118 cm³/mol. The minimum atomic E-state index is -3.76. The van der Waals surface area contributed by atoms with Gasteiger partial charge in [-0.15, -0.1) is 11.3 Å². The summed E-state index contributed by atoms with van der Waals surface area (Å²) in [5.41, 5.74) is 1.59. The molecule has 0 saturated heterocycles. The summed E-state index contributed by atoms with van der Waals surface area (Å²) in [6.45, 7) is 1.92. The van der Waals surface area contributed by atoms with Crippen molar-refractivity contribution in [2.24, 2.45) is 0 Å². The summed E-state index contributed by atoms with van der Waals surface area (Å²) in [6, 6.07) is 8.20. The van der Waals surface area contributed by atoms with Gasteiger partial charge in [-0.05, 0) is 36.8 Å². The van der Waals surface area contributed by atoms with E-state index < -0.39 is 21.4 Å². The summed E-state index contributed by atoms with van der Waals surface area (Å²) in [5.74, 6) is -0.927. The van der Waals surface area contributed by atoms with E-state index in [2.05, 4.69) is 15.0 Å². The average molecular weight is 475 g/mol. The first-order valence-corrected chi connectivity index (χ1v) is 11.9. The van der Waals surface area contributed by atoms with Crippen molar-refractivity contribution in [3.05, 3.63) is 75.0 Å². The van der Waals surface area contributed by atoms with Crippen LogP contribution >= 0.6 is 22.9 Å². The molecule has 3 aromatic heterocycles. The van der Waals surface area contributed by atoms with Crippen molar-refractivity contribution in [1.29, 1.82) is 0 Å². The fourth-order valence-electron chi connectivity index (χ4n) is 2.96. The molecule has 0 atom stereocenters. The number of aryl methyl sites for hydroxylation is 1. The number of hydrogen-bond donors (Lipinski definition) is 0. The summed E-state index contributed by atoms with van der Waals surface area (Å²) in [7, 11) is -3.76. The predicted octanol–water partition coefficient (Wildman–Crippen LogP) is 2.78. The molecule has 0 aliphatic carbocycles. The third-order valence-corrected chi connectivity index (χ3v) is 7.93. The first-order valence-electron chi connectivity index (χ1n) is 9.02. The van der Waals surface area contributed by atoms with Gasteiger partial charge in [0, 0.05) is 0 Å². The molecule has 0 aliphatic rings.